The van der Waals surface area contributed by atoms with E-state index in [2.05, 4.69) is 20.9 Å². The molecule has 0 radical (unpaired) electrons. The maximum atomic E-state index is 10.6. The number of hydrogen-bond donors (Lipinski definition) is 1. The molecule has 7 heteroatoms. The monoisotopic (exact) mass is 341 g/mol. The number of benzene rings is 1. The first-order valence-corrected chi connectivity index (χ1v) is 7.80. The van der Waals surface area contributed by atoms with Crippen LogP contribution in [-0.2, 0) is 11.3 Å². The number of allylic oxidation sites excluding steroid dienone is 2. The van der Waals surface area contributed by atoms with Crippen molar-refractivity contribution in [2.75, 3.05) is 13.7 Å². The molecule has 1 amide bonds. The van der Waals surface area contributed by atoms with Crippen LogP contribution in [0.4, 0.5) is 4.79 Å². The third-order valence-corrected chi connectivity index (χ3v) is 3.78. The zero-order valence-corrected chi connectivity index (χ0v) is 13.8. The number of primary amides is 1. The second kappa shape index (κ2) is 7.57. The van der Waals surface area contributed by atoms with Crippen molar-refractivity contribution >= 4 is 6.09 Å². The molecule has 7 nitrogen and oxygen atoms in total. The molecular weight excluding hydrogens is 322 g/mol. The average Bonchev–Trinajstić information content (AvgIpc) is 3.09. The SMILES string of the molecule is CN1C=CC=CC1COc1ccc(-c2cc(COC(N)=O)on2)cc1. The first-order valence-electron chi connectivity index (χ1n) is 7.80. The van der Waals surface area contributed by atoms with Crippen LogP contribution in [0.15, 0.2) is 59.3 Å². The summed E-state index contributed by atoms with van der Waals surface area (Å²) in [4.78, 5) is 12.7. The summed E-state index contributed by atoms with van der Waals surface area (Å²) in [6.07, 6.45) is 7.27. The highest BCUT2D eigenvalue weighted by atomic mass is 16.6. The number of rotatable bonds is 6. The lowest BCUT2D eigenvalue weighted by atomic mass is 10.1. The first kappa shape index (κ1) is 16.6. The summed E-state index contributed by atoms with van der Waals surface area (Å²) >= 11 is 0. The van der Waals surface area contributed by atoms with E-state index in [1.807, 2.05) is 49.7 Å². The number of ether oxygens (including phenoxy) is 2. The highest BCUT2D eigenvalue weighted by Crippen LogP contribution is 2.23. The lowest BCUT2D eigenvalue weighted by Gasteiger charge is -2.26. The van der Waals surface area contributed by atoms with Crippen LogP contribution < -0.4 is 10.5 Å². The minimum atomic E-state index is -0.853. The van der Waals surface area contributed by atoms with Crippen molar-refractivity contribution in [2.45, 2.75) is 12.6 Å². The summed E-state index contributed by atoms with van der Waals surface area (Å²) in [5.41, 5.74) is 6.44. The van der Waals surface area contributed by atoms with E-state index < -0.39 is 6.09 Å². The van der Waals surface area contributed by atoms with Crippen LogP contribution in [0, 0.1) is 0 Å². The van der Waals surface area contributed by atoms with Crippen LogP contribution in [-0.4, -0.2) is 35.8 Å². The van der Waals surface area contributed by atoms with Gasteiger partial charge >= 0.3 is 6.09 Å². The highest BCUT2D eigenvalue weighted by molar-refractivity contribution is 5.64. The molecule has 1 aromatic carbocycles. The second-order valence-corrected chi connectivity index (χ2v) is 5.58. The summed E-state index contributed by atoms with van der Waals surface area (Å²) in [5, 5.41) is 3.95. The molecule has 0 spiro atoms. The van der Waals surface area contributed by atoms with Gasteiger partial charge in [0.25, 0.3) is 0 Å². The summed E-state index contributed by atoms with van der Waals surface area (Å²) < 4.78 is 15.6. The van der Waals surface area contributed by atoms with Gasteiger partial charge in [-0.05, 0) is 36.5 Å². The van der Waals surface area contributed by atoms with Crippen molar-refractivity contribution in [3.8, 4) is 17.0 Å². The molecule has 3 rings (SSSR count). The van der Waals surface area contributed by atoms with E-state index in [1.54, 1.807) is 6.07 Å². The predicted octanol–water partition coefficient (Wildman–Crippen LogP) is 2.70. The topological polar surface area (TPSA) is 90.8 Å². The fraction of sp³-hybridized carbons (Fsp3) is 0.222. The molecule has 0 fully saturated rings. The largest absolute Gasteiger partial charge is 0.491 e. The summed E-state index contributed by atoms with van der Waals surface area (Å²) in [6.45, 7) is 0.523. The number of carbonyl (C=O) groups is 1. The summed E-state index contributed by atoms with van der Waals surface area (Å²) in [5.74, 6) is 1.20. The minimum absolute atomic E-state index is 0.0413. The molecule has 1 aliphatic rings. The number of nitrogens with two attached hydrogens (primary N) is 1. The molecule has 1 aliphatic heterocycles. The smallest absolute Gasteiger partial charge is 0.404 e. The Morgan fingerprint density at radius 1 is 1.32 bits per heavy atom. The van der Waals surface area contributed by atoms with Gasteiger partial charge in [-0.15, -0.1) is 0 Å². The Hall–Kier alpha value is -3.22. The van der Waals surface area contributed by atoms with Gasteiger partial charge in [0.2, 0.25) is 0 Å². The van der Waals surface area contributed by atoms with Crippen LogP contribution in [0.1, 0.15) is 5.76 Å². The molecule has 2 N–H and O–H groups in total. The van der Waals surface area contributed by atoms with E-state index in [-0.39, 0.29) is 12.6 Å². The maximum Gasteiger partial charge on any atom is 0.404 e. The molecule has 1 unspecified atom stereocenters. The van der Waals surface area contributed by atoms with Gasteiger partial charge in [0.05, 0.1) is 6.04 Å². The van der Waals surface area contributed by atoms with E-state index in [1.165, 1.54) is 0 Å². The molecular formula is C18H19N3O4. The molecule has 0 saturated carbocycles. The zero-order chi connectivity index (χ0) is 17.6. The molecule has 2 aromatic rings. The number of carbonyl (C=O) groups excluding carboxylic acids is 1. The van der Waals surface area contributed by atoms with Crippen molar-refractivity contribution in [1.82, 2.24) is 10.1 Å². The fourth-order valence-corrected chi connectivity index (χ4v) is 2.36. The first-order chi connectivity index (χ1) is 12.1. The van der Waals surface area contributed by atoms with Gasteiger partial charge in [-0.25, -0.2) is 4.79 Å². The Morgan fingerprint density at radius 2 is 2.12 bits per heavy atom. The average molecular weight is 341 g/mol. The Kier molecular flexibility index (Phi) is 5.03. The lowest BCUT2D eigenvalue weighted by molar-refractivity contribution is 0.137. The highest BCUT2D eigenvalue weighted by Gasteiger charge is 2.12. The van der Waals surface area contributed by atoms with Gasteiger partial charge in [-0.1, -0.05) is 17.3 Å². The van der Waals surface area contributed by atoms with Crippen LogP contribution in [0.3, 0.4) is 0 Å². The van der Waals surface area contributed by atoms with Crippen molar-refractivity contribution < 1.29 is 18.8 Å². The van der Waals surface area contributed by atoms with E-state index >= 15 is 0 Å². The van der Waals surface area contributed by atoms with Crippen LogP contribution >= 0.6 is 0 Å². The Morgan fingerprint density at radius 3 is 2.84 bits per heavy atom. The number of hydrogen-bond acceptors (Lipinski definition) is 6. The third-order valence-electron chi connectivity index (χ3n) is 3.78. The molecule has 2 heterocycles. The predicted molar refractivity (Wildman–Crippen MR) is 91.6 cm³/mol. The standard InChI is InChI=1S/C18H19N3O4/c1-21-9-3-2-4-14(21)11-23-15-7-5-13(6-8-15)17-10-16(25-20-17)12-24-18(19)22/h2-10,14H,11-12H2,1H3,(H2,19,22). The van der Waals surface area contributed by atoms with Crippen LogP contribution in [0.5, 0.6) is 5.75 Å². The molecule has 1 atom stereocenters. The Balaban J connectivity index is 1.57. The Labute approximate surface area is 145 Å². The minimum Gasteiger partial charge on any atom is -0.491 e. The van der Waals surface area contributed by atoms with Gasteiger partial charge in [0.15, 0.2) is 12.4 Å². The maximum absolute atomic E-state index is 10.6. The molecule has 1 aromatic heterocycles. The van der Waals surface area contributed by atoms with E-state index in [4.69, 9.17) is 15.0 Å². The number of nitrogens with zero attached hydrogens (tertiary/aromatic N) is 2. The molecule has 0 bridgehead atoms. The Bertz CT molecular complexity index is 780. The van der Waals surface area contributed by atoms with Crippen molar-refractivity contribution in [1.29, 1.82) is 0 Å². The summed E-state index contributed by atoms with van der Waals surface area (Å²) in [7, 11) is 2.02. The van der Waals surface area contributed by atoms with E-state index in [0.717, 1.165) is 11.3 Å². The van der Waals surface area contributed by atoms with Crippen molar-refractivity contribution in [3.63, 3.8) is 0 Å². The van der Waals surface area contributed by atoms with Crippen molar-refractivity contribution in [3.05, 3.63) is 60.5 Å². The normalized spacial score (nSPS) is 16.0. The molecule has 130 valence electrons. The van der Waals surface area contributed by atoms with E-state index in [0.29, 0.717) is 18.1 Å². The second-order valence-electron chi connectivity index (χ2n) is 5.58. The third kappa shape index (κ3) is 4.41. The molecule has 0 aliphatic carbocycles. The van der Waals surface area contributed by atoms with Crippen molar-refractivity contribution in [2.24, 2.45) is 5.73 Å². The van der Waals surface area contributed by atoms with Crippen LogP contribution in [0.25, 0.3) is 11.3 Å². The lowest BCUT2D eigenvalue weighted by Crippen LogP contribution is -2.32. The number of amides is 1. The van der Waals surface area contributed by atoms with Gasteiger partial charge in [-0.2, -0.15) is 0 Å². The molecule has 0 saturated heterocycles. The van der Waals surface area contributed by atoms with Gasteiger partial charge in [0.1, 0.15) is 18.1 Å². The van der Waals surface area contributed by atoms with Crippen LogP contribution in [0.2, 0.25) is 0 Å². The quantitative estimate of drug-likeness (QED) is 0.869. The zero-order valence-electron chi connectivity index (χ0n) is 13.8. The number of aromatic nitrogens is 1. The van der Waals surface area contributed by atoms with Gasteiger partial charge < -0.3 is 24.6 Å². The van der Waals surface area contributed by atoms with E-state index in [9.17, 15) is 4.79 Å². The molecule has 25 heavy (non-hydrogen) atoms. The number of likely N-dealkylation sites (N-methyl/N-ethyl adjacent to an activating group) is 1. The van der Waals surface area contributed by atoms with Gasteiger partial charge in [0, 0.05) is 18.7 Å². The summed E-state index contributed by atoms with van der Waals surface area (Å²) in [6, 6.07) is 9.47. The fourth-order valence-electron chi connectivity index (χ4n) is 2.36. The van der Waals surface area contributed by atoms with Gasteiger partial charge in [-0.3, -0.25) is 0 Å².